The molecule has 2 aromatic heterocycles. The van der Waals surface area contributed by atoms with Crippen LogP contribution in [-0.2, 0) is 9.53 Å². The lowest BCUT2D eigenvalue weighted by molar-refractivity contribution is -0.115. The number of para-hydroxylation sites is 1. The van der Waals surface area contributed by atoms with E-state index in [1.54, 1.807) is 36.8 Å². The molecule has 1 aromatic carbocycles. The van der Waals surface area contributed by atoms with Crippen LogP contribution >= 0.6 is 35.0 Å². The number of methoxy groups -OCH3 is 1. The third-order valence-electron chi connectivity index (χ3n) is 4.32. The van der Waals surface area contributed by atoms with Crippen molar-refractivity contribution < 1.29 is 9.53 Å². The summed E-state index contributed by atoms with van der Waals surface area (Å²) in [6.45, 7) is 3.92. The predicted molar refractivity (Wildman–Crippen MR) is 121 cm³/mol. The van der Waals surface area contributed by atoms with E-state index >= 15 is 0 Å². The third kappa shape index (κ3) is 4.95. The Kier molecular flexibility index (Phi) is 7.36. The smallest absolute Gasteiger partial charge is 0.262 e. The van der Waals surface area contributed by atoms with E-state index in [4.69, 9.17) is 27.9 Å². The normalized spacial score (nSPS) is 13.2. The van der Waals surface area contributed by atoms with Crippen LogP contribution < -0.4 is 10.9 Å². The second kappa shape index (κ2) is 9.78. The number of benzene rings is 1. The van der Waals surface area contributed by atoms with Gasteiger partial charge in [-0.3, -0.25) is 14.2 Å². The van der Waals surface area contributed by atoms with Crippen LogP contribution in [-0.4, -0.2) is 39.4 Å². The summed E-state index contributed by atoms with van der Waals surface area (Å²) in [5.41, 5.74) is 0.392. The third-order valence-corrected chi connectivity index (χ3v) is 5.89. The molecule has 0 aliphatic rings. The molecule has 158 valence electrons. The second-order valence-electron chi connectivity index (χ2n) is 6.62. The van der Waals surface area contributed by atoms with Gasteiger partial charge < -0.3 is 10.1 Å². The Bertz CT molecular complexity index is 1140. The van der Waals surface area contributed by atoms with Gasteiger partial charge in [-0.25, -0.2) is 9.97 Å². The number of rotatable bonds is 7. The minimum Gasteiger partial charge on any atom is -0.383 e. The second-order valence-corrected chi connectivity index (χ2v) is 8.78. The van der Waals surface area contributed by atoms with Crippen molar-refractivity contribution in [3.63, 3.8) is 0 Å². The molecular weight excluding hydrogens is 447 g/mol. The number of aromatic nitrogens is 3. The summed E-state index contributed by atoms with van der Waals surface area (Å²) in [4.78, 5) is 34.5. The van der Waals surface area contributed by atoms with Crippen molar-refractivity contribution in [1.82, 2.24) is 14.5 Å². The number of nitrogens with one attached hydrogen (secondary N) is 1. The number of amides is 1. The predicted octanol–water partition coefficient (Wildman–Crippen LogP) is 4.43. The Morgan fingerprint density at radius 1 is 1.30 bits per heavy atom. The highest BCUT2D eigenvalue weighted by Gasteiger charge is 2.22. The molecular formula is C20H20Cl2N4O3S. The standard InChI is InChI=1S/C20H20Cl2N4O3S/c1-11(10-29-3)26-19(28)14-6-4-5-7-16(14)24-20(26)30-12(2)18(27)25-17-15(22)8-13(21)9-23-17/h4-9,11-12H,10H2,1-3H3,(H,23,25,27). The summed E-state index contributed by atoms with van der Waals surface area (Å²) < 4.78 is 6.79. The van der Waals surface area contributed by atoms with E-state index in [1.165, 1.54) is 24.0 Å². The van der Waals surface area contributed by atoms with Crippen LogP contribution in [0.25, 0.3) is 10.9 Å². The molecule has 1 N–H and O–H groups in total. The summed E-state index contributed by atoms with van der Waals surface area (Å²) in [7, 11) is 1.57. The molecule has 0 bridgehead atoms. The van der Waals surface area contributed by atoms with Crippen LogP contribution in [0.15, 0.2) is 46.5 Å². The van der Waals surface area contributed by atoms with Gasteiger partial charge in [-0.2, -0.15) is 0 Å². The zero-order valence-corrected chi connectivity index (χ0v) is 18.9. The van der Waals surface area contributed by atoms with Crippen LogP contribution in [0.1, 0.15) is 19.9 Å². The van der Waals surface area contributed by atoms with E-state index in [-0.39, 0.29) is 28.3 Å². The number of thioether (sulfide) groups is 1. The zero-order valence-electron chi connectivity index (χ0n) is 16.6. The maximum Gasteiger partial charge on any atom is 0.262 e. The first-order valence-corrected chi connectivity index (χ1v) is 10.7. The average Bonchev–Trinajstić information content (AvgIpc) is 2.70. The summed E-state index contributed by atoms with van der Waals surface area (Å²) in [5, 5.41) is 3.66. The lowest BCUT2D eigenvalue weighted by Gasteiger charge is -2.20. The first-order valence-electron chi connectivity index (χ1n) is 9.10. The summed E-state index contributed by atoms with van der Waals surface area (Å²) in [6, 6.07) is 8.36. The van der Waals surface area contributed by atoms with Crippen molar-refractivity contribution in [2.75, 3.05) is 19.0 Å². The Balaban J connectivity index is 1.92. The number of ether oxygens (including phenoxy) is 1. The number of anilines is 1. The minimum absolute atomic E-state index is 0.178. The van der Waals surface area contributed by atoms with Crippen molar-refractivity contribution in [2.24, 2.45) is 0 Å². The van der Waals surface area contributed by atoms with Gasteiger partial charge in [0.15, 0.2) is 11.0 Å². The summed E-state index contributed by atoms with van der Waals surface area (Å²) in [5.74, 6) is -0.111. The molecule has 0 radical (unpaired) electrons. The van der Waals surface area contributed by atoms with E-state index in [0.29, 0.717) is 27.7 Å². The molecule has 0 aliphatic carbocycles. The van der Waals surface area contributed by atoms with Crippen LogP contribution in [0.2, 0.25) is 10.0 Å². The molecule has 0 spiro atoms. The van der Waals surface area contributed by atoms with Crippen LogP contribution in [0.5, 0.6) is 0 Å². The summed E-state index contributed by atoms with van der Waals surface area (Å²) >= 11 is 13.1. The van der Waals surface area contributed by atoms with Gasteiger partial charge in [0.25, 0.3) is 5.56 Å². The SMILES string of the molecule is COCC(C)n1c(SC(C)C(=O)Nc2ncc(Cl)cc2Cl)nc2ccccc2c1=O. The fraction of sp³-hybridized carbons (Fsp3) is 0.300. The van der Waals surface area contributed by atoms with Gasteiger partial charge in [-0.05, 0) is 32.0 Å². The van der Waals surface area contributed by atoms with Crippen molar-refractivity contribution in [2.45, 2.75) is 30.3 Å². The molecule has 2 unspecified atom stereocenters. The first kappa shape index (κ1) is 22.6. The van der Waals surface area contributed by atoms with Crippen LogP contribution in [0.4, 0.5) is 5.82 Å². The number of hydrogen-bond donors (Lipinski definition) is 1. The van der Waals surface area contributed by atoms with Crippen molar-refractivity contribution in [3.8, 4) is 0 Å². The highest BCUT2D eigenvalue weighted by Crippen LogP contribution is 2.27. The molecule has 2 heterocycles. The van der Waals surface area contributed by atoms with Gasteiger partial charge in [0, 0.05) is 13.3 Å². The van der Waals surface area contributed by atoms with Gasteiger partial charge >= 0.3 is 0 Å². The topological polar surface area (TPSA) is 86.1 Å². The Hall–Kier alpha value is -2.13. The molecule has 0 saturated heterocycles. The molecule has 30 heavy (non-hydrogen) atoms. The lowest BCUT2D eigenvalue weighted by atomic mass is 10.2. The largest absolute Gasteiger partial charge is 0.383 e. The van der Waals surface area contributed by atoms with Crippen LogP contribution in [0, 0.1) is 0 Å². The minimum atomic E-state index is -0.576. The van der Waals surface area contributed by atoms with E-state index in [0.717, 1.165) is 0 Å². The number of fused-ring (bicyclic) bond motifs is 1. The molecule has 7 nitrogen and oxygen atoms in total. The molecule has 3 aromatic rings. The van der Waals surface area contributed by atoms with Gasteiger partial charge in [0.2, 0.25) is 5.91 Å². The molecule has 1 amide bonds. The Morgan fingerprint density at radius 3 is 2.73 bits per heavy atom. The molecule has 10 heteroatoms. The number of hydrogen-bond acceptors (Lipinski definition) is 6. The zero-order chi connectivity index (χ0) is 21.8. The highest BCUT2D eigenvalue weighted by molar-refractivity contribution is 8.00. The van der Waals surface area contributed by atoms with Crippen molar-refractivity contribution >= 4 is 57.6 Å². The number of carbonyl (C=O) groups excluding carboxylic acids is 1. The molecule has 0 aliphatic heterocycles. The first-order chi connectivity index (χ1) is 14.3. The fourth-order valence-electron chi connectivity index (χ4n) is 2.85. The van der Waals surface area contributed by atoms with Crippen molar-refractivity contribution in [3.05, 3.63) is 56.9 Å². The van der Waals surface area contributed by atoms with Gasteiger partial charge in [0.1, 0.15) is 0 Å². The number of halogens is 2. The van der Waals surface area contributed by atoms with E-state index in [2.05, 4.69) is 15.3 Å². The molecule has 0 saturated carbocycles. The fourth-order valence-corrected chi connectivity index (χ4v) is 4.29. The lowest BCUT2D eigenvalue weighted by Crippen LogP contribution is -2.30. The van der Waals surface area contributed by atoms with E-state index in [1.807, 2.05) is 13.0 Å². The van der Waals surface area contributed by atoms with Crippen LogP contribution in [0.3, 0.4) is 0 Å². The maximum atomic E-state index is 13.1. The van der Waals surface area contributed by atoms with E-state index in [9.17, 15) is 9.59 Å². The quantitative estimate of drug-likeness (QED) is 0.409. The monoisotopic (exact) mass is 466 g/mol. The van der Waals surface area contributed by atoms with Gasteiger partial charge in [-0.15, -0.1) is 0 Å². The molecule has 0 fully saturated rings. The maximum absolute atomic E-state index is 13.1. The van der Waals surface area contributed by atoms with Gasteiger partial charge in [-0.1, -0.05) is 47.1 Å². The molecule has 2 atom stereocenters. The Labute approximate surface area is 187 Å². The highest BCUT2D eigenvalue weighted by atomic mass is 35.5. The van der Waals surface area contributed by atoms with Gasteiger partial charge in [0.05, 0.1) is 38.8 Å². The number of nitrogens with zero attached hydrogens (tertiary/aromatic N) is 3. The van der Waals surface area contributed by atoms with Crippen molar-refractivity contribution in [1.29, 1.82) is 0 Å². The number of pyridine rings is 1. The molecule has 3 rings (SSSR count). The van der Waals surface area contributed by atoms with E-state index < -0.39 is 5.25 Å². The number of carbonyl (C=O) groups is 1. The average molecular weight is 467 g/mol. The Morgan fingerprint density at radius 2 is 2.03 bits per heavy atom. The summed E-state index contributed by atoms with van der Waals surface area (Å²) in [6.07, 6.45) is 1.40.